The van der Waals surface area contributed by atoms with E-state index in [9.17, 15) is 4.79 Å². The summed E-state index contributed by atoms with van der Waals surface area (Å²) in [7, 11) is 0. The average Bonchev–Trinajstić information content (AvgIpc) is 2.50. The van der Waals surface area contributed by atoms with Gasteiger partial charge in [-0.2, -0.15) is 0 Å². The van der Waals surface area contributed by atoms with Gasteiger partial charge in [0.2, 0.25) is 0 Å². The van der Waals surface area contributed by atoms with Crippen molar-refractivity contribution in [1.29, 1.82) is 0 Å². The zero-order valence-electron chi connectivity index (χ0n) is 13.0. The van der Waals surface area contributed by atoms with Gasteiger partial charge in [-0.15, -0.1) is 6.58 Å². The normalized spacial score (nSPS) is 11.3. The van der Waals surface area contributed by atoms with Gasteiger partial charge in [0.05, 0.1) is 5.41 Å². The second kappa shape index (κ2) is 8.73. The van der Waals surface area contributed by atoms with Gasteiger partial charge in [-0.25, -0.2) is 0 Å². The van der Waals surface area contributed by atoms with Crippen LogP contribution in [0.3, 0.4) is 0 Å². The van der Waals surface area contributed by atoms with Crippen LogP contribution in [0.4, 0.5) is 0 Å². The molecule has 0 saturated heterocycles. The predicted octanol–water partition coefficient (Wildman–Crippen LogP) is 5.45. The molecule has 0 aliphatic heterocycles. The van der Waals surface area contributed by atoms with E-state index in [0.29, 0.717) is 12.2 Å². The summed E-state index contributed by atoms with van der Waals surface area (Å²) >= 11 is 0. The second-order valence-electron chi connectivity index (χ2n) is 5.47. The van der Waals surface area contributed by atoms with E-state index < -0.39 is 0 Å². The Morgan fingerprint density at radius 2 is 1.75 bits per heavy atom. The van der Waals surface area contributed by atoms with Gasteiger partial charge in [0.25, 0.3) is 0 Å². The van der Waals surface area contributed by atoms with Gasteiger partial charge in [-0.3, -0.25) is 4.79 Å². The number of carbonyl (C=O) groups is 1. The molecule has 1 heteroatoms. The molecule has 1 aromatic rings. The predicted molar refractivity (Wildman–Crippen MR) is 87.0 cm³/mol. The SMILES string of the molecule is C=CCCCCCC(=O)C(CC)(CC)c1ccccc1. The molecule has 0 bridgehead atoms. The quantitative estimate of drug-likeness (QED) is 0.409. The van der Waals surface area contributed by atoms with Crippen molar-refractivity contribution in [2.45, 2.75) is 64.2 Å². The Hall–Kier alpha value is -1.37. The minimum atomic E-state index is -0.278. The molecule has 0 amide bonds. The second-order valence-corrected chi connectivity index (χ2v) is 5.47. The summed E-state index contributed by atoms with van der Waals surface area (Å²) in [5, 5.41) is 0. The number of hydrogen-bond acceptors (Lipinski definition) is 1. The number of carbonyl (C=O) groups excluding carboxylic acids is 1. The molecule has 0 saturated carbocycles. The first-order valence-electron chi connectivity index (χ1n) is 7.91. The van der Waals surface area contributed by atoms with Crippen LogP contribution in [0.25, 0.3) is 0 Å². The lowest BCUT2D eigenvalue weighted by Crippen LogP contribution is -2.34. The third-order valence-corrected chi connectivity index (χ3v) is 4.38. The highest BCUT2D eigenvalue weighted by molar-refractivity contribution is 5.90. The number of allylic oxidation sites excluding steroid dienone is 1. The molecule has 1 rings (SSSR count). The number of unbranched alkanes of at least 4 members (excludes halogenated alkanes) is 3. The molecule has 110 valence electrons. The summed E-state index contributed by atoms with van der Waals surface area (Å²) in [4.78, 5) is 12.7. The maximum atomic E-state index is 12.7. The van der Waals surface area contributed by atoms with Crippen LogP contribution in [-0.4, -0.2) is 5.78 Å². The van der Waals surface area contributed by atoms with Crippen molar-refractivity contribution in [3.63, 3.8) is 0 Å². The Morgan fingerprint density at radius 3 is 2.30 bits per heavy atom. The van der Waals surface area contributed by atoms with E-state index in [1.807, 2.05) is 24.3 Å². The average molecular weight is 272 g/mol. The van der Waals surface area contributed by atoms with Crippen LogP contribution >= 0.6 is 0 Å². The molecule has 1 nitrogen and oxygen atoms in total. The van der Waals surface area contributed by atoms with Crippen molar-refractivity contribution in [1.82, 2.24) is 0 Å². The molecular formula is C19H28O. The summed E-state index contributed by atoms with van der Waals surface area (Å²) in [6.45, 7) is 7.99. The van der Waals surface area contributed by atoms with Crippen molar-refractivity contribution >= 4 is 5.78 Å². The molecule has 0 radical (unpaired) electrons. The topological polar surface area (TPSA) is 17.1 Å². The standard InChI is InChI=1S/C19H28O/c1-4-7-8-9-13-16-18(20)19(5-2,6-3)17-14-11-10-12-15-17/h4,10-12,14-15H,1,5-9,13,16H2,2-3H3. The zero-order chi connectivity index (χ0) is 14.8. The van der Waals surface area contributed by atoms with E-state index in [1.165, 1.54) is 5.56 Å². The number of rotatable bonds is 10. The smallest absolute Gasteiger partial charge is 0.143 e. The van der Waals surface area contributed by atoms with Gasteiger partial charge in [-0.05, 0) is 37.7 Å². The van der Waals surface area contributed by atoms with Crippen LogP contribution in [0.1, 0.15) is 64.4 Å². The van der Waals surface area contributed by atoms with Gasteiger partial charge in [0.15, 0.2) is 0 Å². The lowest BCUT2D eigenvalue weighted by Gasteiger charge is -2.31. The Morgan fingerprint density at radius 1 is 1.10 bits per heavy atom. The lowest BCUT2D eigenvalue weighted by molar-refractivity contribution is -0.125. The minimum absolute atomic E-state index is 0.278. The summed E-state index contributed by atoms with van der Waals surface area (Å²) in [5.74, 6) is 0.410. The van der Waals surface area contributed by atoms with Crippen molar-refractivity contribution in [2.24, 2.45) is 0 Å². The fourth-order valence-corrected chi connectivity index (χ4v) is 2.96. The van der Waals surface area contributed by atoms with Gasteiger partial charge >= 0.3 is 0 Å². The van der Waals surface area contributed by atoms with Gasteiger partial charge < -0.3 is 0 Å². The summed E-state index contributed by atoms with van der Waals surface area (Å²) < 4.78 is 0. The number of Topliss-reactive ketones (excluding diaryl/α,β-unsaturated/α-hetero) is 1. The van der Waals surface area contributed by atoms with E-state index >= 15 is 0 Å². The fraction of sp³-hybridized carbons (Fsp3) is 0.526. The number of hydrogen-bond donors (Lipinski definition) is 0. The molecule has 20 heavy (non-hydrogen) atoms. The molecule has 0 N–H and O–H groups in total. The molecule has 0 aromatic heterocycles. The Bertz CT molecular complexity index is 401. The zero-order valence-corrected chi connectivity index (χ0v) is 13.0. The molecule has 0 aliphatic rings. The third-order valence-electron chi connectivity index (χ3n) is 4.38. The van der Waals surface area contributed by atoms with Gasteiger partial charge in [0.1, 0.15) is 5.78 Å². The van der Waals surface area contributed by atoms with Crippen LogP contribution in [0.2, 0.25) is 0 Å². The maximum Gasteiger partial charge on any atom is 0.143 e. The van der Waals surface area contributed by atoms with Crippen molar-refractivity contribution < 1.29 is 4.79 Å². The Balaban J connectivity index is 2.70. The largest absolute Gasteiger partial charge is 0.299 e. The van der Waals surface area contributed by atoms with E-state index in [0.717, 1.165) is 38.5 Å². The molecule has 0 aliphatic carbocycles. The highest BCUT2D eigenvalue weighted by Gasteiger charge is 2.35. The lowest BCUT2D eigenvalue weighted by atomic mass is 9.71. The van der Waals surface area contributed by atoms with Gasteiger partial charge in [0, 0.05) is 6.42 Å². The van der Waals surface area contributed by atoms with Crippen molar-refractivity contribution in [3.8, 4) is 0 Å². The number of ketones is 1. The minimum Gasteiger partial charge on any atom is -0.299 e. The van der Waals surface area contributed by atoms with Crippen LogP contribution in [0.5, 0.6) is 0 Å². The number of benzene rings is 1. The summed E-state index contributed by atoms with van der Waals surface area (Å²) in [6.07, 6.45) is 8.75. The molecule has 1 aromatic carbocycles. The monoisotopic (exact) mass is 272 g/mol. The highest BCUT2D eigenvalue weighted by Crippen LogP contribution is 2.34. The molecular weight excluding hydrogens is 244 g/mol. The summed E-state index contributed by atoms with van der Waals surface area (Å²) in [5.41, 5.74) is 0.903. The highest BCUT2D eigenvalue weighted by atomic mass is 16.1. The molecule has 0 fully saturated rings. The van der Waals surface area contributed by atoms with Crippen LogP contribution in [0, 0.1) is 0 Å². The van der Waals surface area contributed by atoms with E-state index in [2.05, 4.69) is 32.6 Å². The first kappa shape index (κ1) is 16.7. The van der Waals surface area contributed by atoms with E-state index in [-0.39, 0.29) is 5.41 Å². The van der Waals surface area contributed by atoms with Crippen LogP contribution in [0.15, 0.2) is 43.0 Å². The third kappa shape index (κ3) is 4.06. The van der Waals surface area contributed by atoms with Crippen molar-refractivity contribution in [3.05, 3.63) is 48.6 Å². The van der Waals surface area contributed by atoms with E-state index in [1.54, 1.807) is 0 Å². The van der Waals surface area contributed by atoms with Crippen LogP contribution < -0.4 is 0 Å². The Labute approximate surface area is 124 Å². The fourth-order valence-electron chi connectivity index (χ4n) is 2.96. The summed E-state index contributed by atoms with van der Waals surface area (Å²) in [6, 6.07) is 10.3. The van der Waals surface area contributed by atoms with Crippen molar-refractivity contribution in [2.75, 3.05) is 0 Å². The first-order valence-corrected chi connectivity index (χ1v) is 7.91. The molecule has 0 atom stereocenters. The first-order chi connectivity index (χ1) is 9.71. The maximum absolute atomic E-state index is 12.7. The molecule has 0 spiro atoms. The Kier molecular flexibility index (Phi) is 7.28. The van der Waals surface area contributed by atoms with E-state index in [4.69, 9.17) is 0 Å². The molecule has 0 unspecified atom stereocenters. The van der Waals surface area contributed by atoms with Crippen LogP contribution in [-0.2, 0) is 10.2 Å². The van der Waals surface area contributed by atoms with Gasteiger partial charge in [-0.1, -0.05) is 56.7 Å². The molecule has 0 heterocycles.